The average Bonchev–Trinajstić information content (AvgIpc) is 2.18. The molecule has 0 saturated heterocycles. The van der Waals surface area contributed by atoms with Crippen molar-refractivity contribution >= 4 is 28.9 Å². The van der Waals surface area contributed by atoms with Crippen molar-refractivity contribution in [3.05, 3.63) is 32.8 Å². The smallest absolute Gasteiger partial charge is 0.311 e. The SMILES string of the molecule is CC(=O)Nc1ccc(Cl)c(C#N)c1[N+](=O)[O-]. The lowest BCUT2D eigenvalue weighted by Crippen LogP contribution is -2.09. The van der Waals surface area contributed by atoms with E-state index in [9.17, 15) is 14.9 Å². The Labute approximate surface area is 95.6 Å². The highest BCUT2D eigenvalue weighted by molar-refractivity contribution is 6.32. The third-order valence-corrected chi connectivity index (χ3v) is 2.05. The first kappa shape index (κ1) is 11.9. The minimum absolute atomic E-state index is 0.0247. The van der Waals surface area contributed by atoms with Gasteiger partial charge in [-0.25, -0.2) is 0 Å². The van der Waals surface area contributed by atoms with Crippen LogP contribution in [0.25, 0.3) is 0 Å². The molecule has 1 rings (SSSR count). The van der Waals surface area contributed by atoms with Gasteiger partial charge in [0, 0.05) is 6.92 Å². The van der Waals surface area contributed by atoms with E-state index in [4.69, 9.17) is 16.9 Å². The first-order valence-electron chi connectivity index (χ1n) is 4.12. The van der Waals surface area contributed by atoms with Gasteiger partial charge in [0.05, 0.1) is 9.95 Å². The van der Waals surface area contributed by atoms with Gasteiger partial charge in [0.25, 0.3) is 0 Å². The Balaban J connectivity index is 3.46. The number of carbonyl (C=O) groups excluding carboxylic acids is 1. The minimum atomic E-state index is -0.754. The van der Waals surface area contributed by atoms with Crippen molar-refractivity contribution in [2.45, 2.75) is 6.92 Å². The zero-order chi connectivity index (χ0) is 12.3. The molecule has 0 aliphatic carbocycles. The number of nitrogens with one attached hydrogen (secondary N) is 1. The summed E-state index contributed by atoms with van der Waals surface area (Å²) in [5.41, 5.74) is -0.804. The number of nitriles is 1. The predicted molar refractivity (Wildman–Crippen MR) is 57.1 cm³/mol. The van der Waals surface area contributed by atoms with Crippen LogP contribution in [0.5, 0.6) is 0 Å². The Bertz CT molecular complexity index is 507. The summed E-state index contributed by atoms with van der Waals surface area (Å²) in [6, 6.07) is 4.23. The topological polar surface area (TPSA) is 96.0 Å². The molecule has 7 heteroatoms. The van der Waals surface area contributed by atoms with Gasteiger partial charge in [-0.15, -0.1) is 0 Å². The number of hydrogen-bond donors (Lipinski definition) is 1. The van der Waals surface area contributed by atoms with Crippen LogP contribution in [0.2, 0.25) is 5.02 Å². The second kappa shape index (κ2) is 4.59. The van der Waals surface area contributed by atoms with Crippen LogP contribution in [0.3, 0.4) is 0 Å². The zero-order valence-electron chi connectivity index (χ0n) is 8.15. The number of hydrogen-bond acceptors (Lipinski definition) is 4. The van der Waals surface area contributed by atoms with Crippen LogP contribution in [0.15, 0.2) is 12.1 Å². The molecule has 0 radical (unpaired) electrons. The molecule has 16 heavy (non-hydrogen) atoms. The third-order valence-electron chi connectivity index (χ3n) is 1.73. The van der Waals surface area contributed by atoms with Crippen molar-refractivity contribution in [2.75, 3.05) is 5.32 Å². The lowest BCUT2D eigenvalue weighted by atomic mass is 10.1. The molecule has 0 spiro atoms. The second-order valence-corrected chi connectivity index (χ2v) is 3.28. The summed E-state index contributed by atoms with van der Waals surface area (Å²) in [7, 11) is 0. The number of nitro benzene ring substituents is 1. The Morgan fingerprint density at radius 1 is 1.62 bits per heavy atom. The van der Waals surface area contributed by atoms with E-state index in [1.165, 1.54) is 19.1 Å². The van der Waals surface area contributed by atoms with Crippen LogP contribution in [0.1, 0.15) is 12.5 Å². The number of halogens is 1. The van der Waals surface area contributed by atoms with E-state index in [2.05, 4.69) is 5.32 Å². The standard InChI is InChI=1S/C9H6ClN3O3/c1-5(14)12-8-3-2-7(10)6(4-11)9(8)13(15)16/h2-3H,1H3,(H,12,14). The van der Waals surface area contributed by atoms with E-state index in [-0.39, 0.29) is 16.3 Å². The Morgan fingerprint density at radius 2 is 2.25 bits per heavy atom. The van der Waals surface area contributed by atoms with Crippen molar-refractivity contribution in [3.8, 4) is 6.07 Å². The van der Waals surface area contributed by atoms with Crippen molar-refractivity contribution in [1.29, 1.82) is 5.26 Å². The third kappa shape index (κ3) is 2.27. The fourth-order valence-electron chi connectivity index (χ4n) is 1.15. The van der Waals surface area contributed by atoms with Gasteiger partial charge in [0.15, 0.2) is 5.56 Å². The van der Waals surface area contributed by atoms with Gasteiger partial charge < -0.3 is 5.32 Å². The summed E-state index contributed by atoms with van der Waals surface area (Å²) in [5, 5.41) is 21.8. The highest BCUT2D eigenvalue weighted by Crippen LogP contribution is 2.33. The van der Waals surface area contributed by atoms with E-state index >= 15 is 0 Å². The summed E-state index contributed by atoms with van der Waals surface area (Å²) in [6.07, 6.45) is 0. The summed E-state index contributed by atoms with van der Waals surface area (Å²) < 4.78 is 0. The van der Waals surface area contributed by atoms with E-state index < -0.39 is 16.5 Å². The van der Waals surface area contributed by atoms with Crippen molar-refractivity contribution in [2.24, 2.45) is 0 Å². The maximum absolute atomic E-state index is 10.8. The number of amides is 1. The Hall–Kier alpha value is -2.13. The quantitative estimate of drug-likeness (QED) is 0.631. The van der Waals surface area contributed by atoms with Crippen LogP contribution >= 0.6 is 11.6 Å². The molecule has 0 aliphatic heterocycles. The first-order valence-corrected chi connectivity index (χ1v) is 4.49. The van der Waals surface area contributed by atoms with Gasteiger partial charge in [0.1, 0.15) is 11.8 Å². The highest BCUT2D eigenvalue weighted by atomic mass is 35.5. The zero-order valence-corrected chi connectivity index (χ0v) is 8.91. The van der Waals surface area contributed by atoms with Gasteiger partial charge in [-0.3, -0.25) is 14.9 Å². The van der Waals surface area contributed by atoms with Crippen LogP contribution in [0.4, 0.5) is 11.4 Å². The molecule has 6 nitrogen and oxygen atoms in total. The summed E-state index contributed by atoms with van der Waals surface area (Å²) >= 11 is 5.64. The molecule has 82 valence electrons. The molecular formula is C9H6ClN3O3. The number of benzene rings is 1. The first-order chi connectivity index (χ1) is 7.47. The molecule has 0 atom stereocenters. The maximum Gasteiger partial charge on any atom is 0.311 e. The molecule has 0 fully saturated rings. The normalized spacial score (nSPS) is 9.31. The van der Waals surface area contributed by atoms with E-state index in [0.717, 1.165) is 0 Å². The fraction of sp³-hybridized carbons (Fsp3) is 0.111. The van der Waals surface area contributed by atoms with Crippen LogP contribution in [-0.4, -0.2) is 10.8 Å². The molecular weight excluding hydrogens is 234 g/mol. The van der Waals surface area contributed by atoms with Gasteiger partial charge in [0.2, 0.25) is 5.91 Å². The van der Waals surface area contributed by atoms with Gasteiger partial charge in [-0.2, -0.15) is 5.26 Å². The highest BCUT2D eigenvalue weighted by Gasteiger charge is 2.23. The lowest BCUT2D eigenvalue weighted by Gasteiger charge is -2.05. The van der Waals surface area contributed by atoms with Crippen LogP contribution in [0, 0.1) is 21.4 Å². The molecule has 1 N–H and O–H groups in total. The van der Waals surface area contributed by atoms with Crippen molar-refractivity contribution < 1.29 is 9.72 Å². The van der Waals surface area contributed by atoms with Crippen LogP contribution < -0.4 is 5.32 Å². The largest absolute Gasteiger partial charge is 0.321 e. The molecule has 0 heterocycles. The summed E-state index contributed by atoms with van der Waals surface area (Å²) in [5.74, 6) is -0.464. The minimum Gasteiger partial charge on any atom is -0.321 e. The number of nitrogens with zero attached hydrogens (tertiary/aromatic N) is 2. The Morgan fingerprint density at radius 3 is 2.69 bits per heavy atom. The molecule has 0 bridgehead atoms. The lowest BCUT2D eigenvalue weighted by molar-refractivity contribution is -0.384. The second-order valence-electron chi connectivity index (χ2n) is 2.87. The maximum atomic E-state index is 10.8. The van der Waals surface area contributed by atoms with E-state index in [1.807, 2.05) is 0 Å². The summed E-state index contributed by atoms with van der Waals surface area (Å²) in [6.45, 7) is 1.21. The number of carbonyl (C=O) groups is 1. The van der Waals surface area contributed by atoms with Gasteiger partial charge >= 0.3 is 5.69 Å². The van der Waals surface area contributed by atoms with E-state index in [1.54, 1.807) is 6.07 Å². The van der Waals surface area contributed by atoms with Gasteiger partial charge in [-0.1, -0.05) is 11.6 Å². The fourth-order valence-corrected chi connectivity index (χ4v) is 1.35. The molecule has 0 saturated carbocycles. The average molecular weight is 240 g/mol. The number of rotatable bonds is 2. The number of nitro groups is 1. The van der Waals surface area contributed by atoms with Gasteiger partial charge in [-0.05, 0) is 12.1 Å². The van der Waals surface area contributed by atoms with Crippen LogP contribution in [-0.2, 0) is 4.79 Å². The molecule has 0 aliphatic rings. The Kier molecular flexibility index (Phi) is 3.43. The van der Waals surface area contributed by atoms with E-state index in [0.29, 0.717) is 0 Å². The molecule has 0 aromatic heterocycles. The van der Waals surface area contributed by atoms with Crippen molar-refractivity contribution in [3.63, 3.8) is 0 Å². The summed E-state index contributed by atoms with van der Waals surface area (Å²) in [4.78, 5) is 20.8. The molecule has 0 unspecified atom stereocenters. The van der Waals surface area contributed by atoms with Crippen molar-refractivity contribution in [1.82, 2.24) is 0 Å². The molecule has 1 amide bonds. The number of anilines is 1. The monoisotopic (exact) mass is 239 g/mol. The molecule has 1 aromatic rings. The predicted octanol–water partition coefficient (Wildman–Crippen LogP) is 2.08. The molecule has 1 aromatic carbocycles.